The van der Waals surface area contributed by atoms with Crippen LogP contribution >= 0.6 is 0 Å². The maximum Gasteiger partial charge on any atom is 0.236 e. The first kappa shape index (κ1) is 8.28. The number of rotatable bonds is 1. The number of hydrogen-bond acceptors (Lipinski definition) is 3. The van der Waals surface area contributed by atoms with E-state index in [2.05, 4.69) is 0 Å². The Morgan fingerprint density at radius 1 is 0.933 bits per heavy atom. The molecule has 4 atom stereocenters. The molecule has 3 saturated heterocycles. The second-order valence-electron chi connectivity index (χ2n) is 5.12. The third-order valence-corrected chi connectivity index (χ3v) is 4.23. The lowest BCUT2D eigenvalue weighted by Crippen LogP contribution is -2.35. The smallest absolute Gasteiger partial charge is 0.236 e. The highest BCUT2D eigenvalue weighted by Gasteiger charge is 2.64. The largest absolute Gasteiger partial charge is 0.373 e. The van der Waals surface area contributed by atoms with Crippen molar-refractivity contribution in [1.82, 2.24) is 4.90 Å². The summed E-state index contributed by atoms with van der Waals surface area (Å²) in [6.45, 7) is 0. The molecule has 0 radical (unpaired) electrons. The molecule has 2 amide bonds. The maximum absolute atomic E-state index is 12.1. The van der Waals surface area contributed by atoms with E-state index in [0.29, 0.717) is 0 Å². The summed E-state index contributed by atoms with van der Waals surface area (Å²) in [7, 11) is 0. The first-order chi connectivity index (χ1) is 7.27. The lowest BCUT2D eigenvalue weighted by molar-refractivity contribution is -0.143. The van der Waals surface area contributed by atoms with Crippen LogP contribution < -0.4 is 0 Å². The standard InChI is InChI=1S/C11H13NO3/c13-10-8-6-3-4-7(15-6)9(8)11(14)12(10)5-1-2-5/h5-9H,1-4H2/t6-,7+,8-,9-/m0/s1. The Bertz CT molecular complexity index is 335. The molecule has 0 aromatic rings. The van der Waals surface area contributed by atoms with Crippen LogP contribution in [0.15, 0.2) is 0 Å². The van der Waals surface area contributed by atoms with Crippen molar-refractivity contribution in [3.63, 3.8) is 0 Å². The molecule has 0 aromatic heterocycles. The van der Waals surface area contributed by atoms with Crippen LogP contribution in [0.5, 0.6) is 0 Å². The van der Waals surface area contributed by atoms with Crippen molar-refractivity contribution in [3.05, 3.63) is 0 Å². The number of imide groups is 1. The summed E-state index contributed by atoms with van der Waals surface area (Å²) in [5, 5.41) is 0. The van der Waals surface area contributed by atoms with E-state index in [1.807, 2.05) is 0 Å². The first-order valence-corrected chi connectivity index (χ1v) is 5.80. The predicted molar refractivity (Wildman–Crippen MR) is 49.8 cm³/mol. The summed E-state index contributed by atoms with van der Waals surface area (Å²) in [6, 6.07) is 0.231. The monoisotopic (exact) mass is 207 g/mol. The third kappa shape index (κ3) is 0.869. The average molecular weight is 207 g/mol. The number of likely N-dealkylation sites (tertiary alicyclic amines) is 1. The maximum atomic E-state index is 12.1. The molecule has 80 valence electrons. The molecule has 0 aromatic carbocycles. The molecule has 1 aliphatic carbocycles. The zero-order valence-corrected chi connectivity index (χ0v) is 8.39. The second kappa shape index (κ2) is 2.43. The number of nitrogens with zero attached hydrogens (tertiary/aromatic N) is 1. The topological polar surface area (TPSA) is 46.6 Å². The van der Waals surface area contributed by atoms with Gasteiger partial charge in [0.2, 0.25) is 11.8 Å². The molecule has 3 aliphatic heterocycles. The van der Waals surface area contributed by atoms with Crippen LogP contribution in [0.4, 0.5) is 0 Å². The minimum Gasteiger partial charge on any atom is -0.373 e. The van der Waals surface area contributed by atoms with E-state index >= 15 is 0 Å². The molecule has 4 rings (SSSR count). The Hall–Kier alpha value is -0.900. The van der Waals surface area contributed by atoms with Gasteiger partial charge in [0.05, 0.1) is 24.0 Å². The molecule has 4 nitrogen and oxygen atoms in total. The molecule has 0 N–H and O–H groups in total. The number of ether oxygens (including phenoxy) is 1. The molecule has 4 aliphatic rings. The van der Waals surface area contributed by atoms with E-state index < -0.39 is 0 Å². The molecule has 1 saturated carbocycles. The fourth-order valence-electron chi connectivity index (χ4n) is 3.43. The van der Waals surface area contributed by atoms with Crippen LogP contribution in [0.2, 0.25) is 0 Å². The highest BCUT2D eigenvalue weighted by molar-refractivity contribution is 6.06. The second-order valence-corrected chi connectivity index (χ2v) is 5.12. The SMILES string of the molecule is O=C1[C@@H]2[C@@H](C(=O)N1C1CC1)[C@H]1CC[C@@H]2O1. The quantitative estimate of drug-likeness (QED) is 0.581. The minimum absolute atomic E-state index is 0.0419. The van der Waals surface area contributed by atoms with Crippen LogP contribution in [-0.4, -0.2) is 35.0 Å². The van der Waals surface area contributed by atoms with Crippen LogP contribution in [0.25, 0.3) is 0 Å². The van der Waals surface area contributed by atoms with Gasteiger partial charge in [-0.25, -0.2) is 0 Å². The number of carbonyl (C=O) groups is 2. The molecule has 0 unspecified atom stereocenters. The zero-order valence-electron chi connectivity index (χ0n) is 8.39. The van der Waals surface area contributed by atoms with E-state index in [0.717, 1.165) is 25.7 Å². The Balaban J connectivity index is 1.74. The van der Waals surface area contributed by atoms with Crippen LogP contribution in [0.1, 0.15) is 25.7 Å². The summed E-state index contributed by atoms with van der Waals surface area (Å²) in [5.41, 5.74) is 0. The van der Waals surface area contributed by atoms with Crippen molar-refractivity contribution < 1.29 is 14.3 Å². The summed E-state index contributed by atoms with van der Waals surface area (Å²) in [6.07, 6.45) is 4.02. The van der Waals surface area contributed by atoms with Gasteiger partial charge in [0.15, 0.2) is 0 Å². The van der Waals surface area contributed by atoms with E-state index in [-0.39, 0.29) is 41.9 Å². The summed E-state index contributed by atoms with van der Waals surface area (Å²) >= 11 is 0. The molecule has 15 heavy (non-hydrogen) atoms. The molecular formula is C11H13NO3. The summed E-state index contributed by atoms with van der Waals surface area (Å²) in [4.78, 5) is 25.7. The van der Waals surface area contributed by atoms with Crippen molar-refractivity contribution in [1.29, 1.82) is 0 Å². The van der Waals surface area contributed by atoms with Crippen LogP contribution in [-0.2, 0) is 14.3 Å². The molecule has 2 bridgehead atoms. The van der Waals surface area contributed by atoms with Gasteiger partial charge in [-0.15, -0.1) is 0 Å². The zero-order chi connectivity index (χ0) is 10.2. The fourth-order valence-corrected chi connectivity index (χ4v) is 3.43. The lowest BCUT2D eigenvalue weighted by atomic mass is 9.81. The minimum atomic E-state index is -0.128. The molecule has 4 fully saturated rings. The van der Waals surface area contributed by atoms with Gasteiger partial charge in [0, 0.05) is 6.04 Å². The highest BCUT2D eigenvalue weighted by Crippen LogP contribution is 2.50. The Kier molecular flexibility index (Phi) is 1.34. The summed E-state index contributed by atoms with van der Waals surface area (Å²) < 4.78 is 5.66. The molecule has 0 spiro atoms. The van der Waals surface area contributed by atoms with Crippen molar-refractivity contribution in [2.75, 3.05) is 0 Å². The van der Waals surface area contributed by atoms with Gasteiger partial charge in [0.25, 0.3) is 0 Å². The van der Waals surface area contributed by atoms with Gasteiger partial charge in [-0.05, 0) is 25.7 Å². The van der Waals surface area contributed by atoms with Gasteiger partial charge >= 0.3 is 0 Å². The number of carbonyl (C=O) groups excluding carboxylic acids is 2. The van der Waals surface area contributed by atoms with Crippen LogP contribution in [0.3, 0.4) is 0 Å². The van der Waals surface area contributed by atoms with Crippen LogP contribution in [0, 0.1) is 11.8 Å². The number of hydrogen-bond donors (Lipinski definition) is 0. The predicted octanol–water partition coefficient (Wildman–Crippen LogP) is 0.311. The van der Waals surface area contributed by atoms with Gasteiger partial charge < -0.3 is 4.74 Å². The van der Waals surface area contributed by atoms with Crippen molar-refractivity contribution in [3.8, 4) is 0 Å². The lowest BCUT2D eigenvalue weighted by Gasteiger charge is -2.16. The fraction of sp³-hybridized carbons (Fsp3) is 0.818. The molecular weight excluding hydrogens is 194 g/mol. The molecule has 4 heteroatoms. The Morgan fingerprint density at radius 3 is 1.93 bits per heavy atom. The van der Waals surface area contributed by atoms with Gasteiger partial charge in [-0.3, -0.25) is 14.5 Å². The highest BCUT2D eigenvalue weighted by atomic mass is 16.5. The van der Waals surface area contributed by atoms with Crippen molar-refractivity contribution in [2.24, 2.45) is 11.8 Å². The Morgan fingerprint density at radius 2 is 1.47 bits per heavy atom. The molecule has 3 heterocycles. The number of fused-ring (bicyclic) bond motifs is 5. The van der Waals surface area contributed by atoms with Gasteiger partial charge in [-0.1, -0.05) is 0 Å². The first-order valence-electron chi connectivity index (χ1n) is 5.80. The third-order valence-electron chi connectivity index (χ3n) is 4.23. The van der Waals surface area contributed by atoms with Crippen molar-refractivity contribution in [2.45, 2.75) is 43.9 Å². The Labute approximate surface area is 87.6 Å². The van der Waals surface area contributed by atoms with Crippen molar-refractivity contribution >= 4 is 11.8 Å². The number of amides is 2. The normalized spacial score (nSPS) is 47.9. The van der Waals surface area contributed by atoms with E-state index in [4.69, 9.17) is 4.74 Å². The summed E-state index contributed by atoms with van der Waals surface area (Å²) in [5.74, 6) is -0.145. The van der Waals surface area contributed by atoms with E-state index in [9.17, 15) is 9.59 Å². The van der Waals surface area contributed by atoms with Gasteiger partial charge in [0.1, 0.15) is 0 Å². The van der Waals surface area contributed by atoms with E-state index in [1.54, 1.807) is 4.90 Å². The van der Waals surface area contributed by atoms with Gasteiger partial charge in [-0.2, -0.15) is 0 Å². The average Bonchev–Trinajstić information content (AvgIpc) is 2.75. The van der Waals surface area contributed by atoms with E-state index in [1.165, 1.54) is 0 Å².